The fourth-order valence-corrected chi connectivity index (χ4v) is 1.56. The minimum Gasteiger partial charge on any atom is -0.468 e. The molecule has 0 heterocycles. The molecule has 0 aliphatic rings. The third-order valence-corrected chi connectivity index (χ3v) is 2.44. The second-order valence-electron chi connectivity index (χ2n) is 3.62. The van der Waals surface area contributed by atoms with Crippen molar-refractivity contribution in [2.75, 3.05) is 7.11 Å². The van der Waals surface area contributed by atoms with Gasteiger partial charge < -0.3 is 4.74 Å². The van der Waals surface area contributed by atoms with Crippen molar-refractivity contribution < 1.29 is 9.53 Å². The fraction of sp³-hybridized carbons (Fsp3) is 0.133. The highest BCUT2D eigenvalue weighted by Gasteiger charge is 1.95. The molecule has 0 radical (unpaired) electrons. The Labute approximate surface area is 100 Å². The molecule has 0 unspecified atom stereocenters. The first-order chi connectivity index (χ1) is 8.29. The van der Waals surface area contributed by atoms with Crippen molar-refractivity contribution in [3.63, 3.8) is 0 Å². The third kappa shape index (κ3) is 2.85. The van der Waals surface area contributed by atoms with E-state index in [-0.39, 0.29) is 12.4 Å². The van der Waals surface area contributed by atoms with Crippen LogP contribution in [0.3, 0.4) is 0 Å². The number of carbonyl (C=O) groups is 1. The van der Waals surface area contributed by atoms with Gasteiger partial charge in [-0.25, -0.2) is 0 Å². The zero-order valence-electron chi connectivity index (χ0n) is 9.57. The highest BCUT2D eigenvalue weighted by Crippen LogP contribution is 2.14. The lowest BCUT2D eigenvalue weighted by Gasteiger charge is -1.97. The topological polar surface area (TPSA) is 26.3 Å². The lowest BCUT2D eigenvalue weighted by Crippen LogP contribution is -1.96. The number of hydrogen-bond donors (Lipinski definition) is 0. The fourth-order valence-electron chi connectivity index (χ4n) is 1.56. The van der Waals surface area contributed by atoms with Gasteiger partial charge in [-0.3, -0.25) is 4.79 Å². The van der Waals surface area contributed by atoms with Crippen LogP contribution in [0.25, 0.3) is 10.8 Å². The molecule has 0 spiro atoms. The molecule has 2 aromatic carbocycles. The van der Waals surface area contributed by atoms with E-state index in [1.807, 2.05) is 36.4 Å². The number of hydrogen-bond acceptors (Lipinski definition) is 2. The van der Waals surface area contributed by atoms with Crippen molar-refractivity contribution in [1.29, 1.82) is 0 Å². The Bertz CT molecular complexity index is 603. The van der Waals surface area contributed by atoms with Crippen LogP contribution in [0.2, 0.25) is 0 Å². The third-order valence-electron chi connectivity index (χ3n) is 2.44. The molecule has 0 amide bonds. The molecule has 0 fully saturated rings. The number of rotatable bonds is 1. The molecule has 2 nitrogen and oxygen atoms in total. The van der Waals surface area contributed by atoms with Crippen LogP contribution in [0, 0.1) is 11.8 Å². The summed E-state index contributed by atoms with van der Waals surface area (Å²) in [5.41, 5.74) is 0.910. The molecule has 0 N–H and O–H groups in total. The summed E-state index contributed by atoms with van der Waals surface area (Å²) in [6, 6.07) is 14.1. The van der Waals surface area contributed by atoms with Crippen molar-refractivity contribution in [3.8, 4) is 11.8 Å². The summed E-state index contributed by atoms with van der Waals surface area (Å²) in [5.74, 6) is 5.44. The van der Waals surface area contributed by atoms with Crippen molar-refractivity contribution in [3.05, 3.63) is 48.0 Å². The second-order valence-corrected chi connectivity index (χ2v) is 3.62. The Morgan fingerprint density at radius 3 is 2.71 bits per heavy atom. The van der Waals surface area contributed by atoms with Crippen molar-refractivity contribution in [2.24, 2.45) is 0 Å². The summed E-state index contributed by atoms with van der Waals surface area (Å²) in [5, 5.41) is 2.34. The van der Waals surface area contributed by atoms with Crippen LogP contribution in [0.5, 0.6) is 0 Å². The van der Waals surface area contributed by atoms with E-state index in [9.17, 15) is 4.79 Å². The van der Waals surface area contributed by atoms with Crippen LogP contribution < -0.4 is 0 Å². The zero-order valence-corrected chi connectivity index (χ0v) is 9.57. The largest absolute Gasteiger partial charge is 0.468 e. The molecule has 0 aromatic heterocycles. The van der Waals surface area contributed by atoms with Crippen LogP contribution in [-0.2, 0) is 9.53 Å². The minimum absolute atomic E-state index is 0.128. The van der Waals surface area contributed by atoms with Gasteiger partial charge in [0.2, 0.25) is 0 Å². The SMILES string of the molecule is COC(=O)CC#Cc1ccc2ccccc2c1. The maximum atomic E-state index is 10.9. The first kappa shape index (κ1) is 11.2. The van der Waals surface area contributed by atoms with Gasteiger partial charge in [0.1, 0.15) is 6.42 Å². The monoisotopic (exact) mass is 224 g/mol. The average molecular weight is 224 g/mol. The summed E-state index contributed by atoms with van der Waals surface area (Å²) in [4.78, 5) is 10.9. The summed E-state index contributed by atoms with van der Waals surface area (Å²) < 4.78 is 4.52. The van der Waals surface area contributed by atoms with Gasteiger partial charge in [-0.2, -0.15) is 0 Å². The molecule has 2 aromatic rings. The molecular formula is C15H12O2. The van der Waals surface area contributed by atoms with Crippen LogP contribution in [-0.4, -0.2) is 13.1 Å². The summed E-state index contributed by atoms with van der Waals surface area (Å²) in [6.45, 7) is 0. The Morgan fingerprint density at radius 2 is 1.94 bits per heavy atom. The molecule has 2 rings (SSSR count). The lowest BCUT2D eigenvalue weighted by atomic mass is 10.1. The summed E-state index contributed by atoms with van der Waals surface area (Å²) >= 11 is 0. The van der Waals surface area contributed by atoms with Crippen molar-refractivity contribution in [2.45, 2.75) is 6.42 Å². The van der Waals surface area contributed by atoms with Gasteiger partial charge >= 0.3 is 5.97 Å². The van der Waals surface area contributed by atoms with Gasteiger partial charge in [-0.1, -0.05) is 42.2 Å². The van der Waals surface area contributed by atoms with Crippen LogP contribution in [0.15, 0.2) is 42.5 Å². The van der Waals surface area contributed by atoms with Crippen LogP contribution in [0.4, 0.5) is 0 Å². The molecule has 0 aliphatic heterocycles. The average Bonchev–Trinajstić information content (AvgIpc) is 2.38. The van der Waals surface area contributed by atoms with Gasteiger partial charge in [0.25, 0.3) is 0 Å². The van der Waals surface area contributed by atoms with E-state index in [1.165, 1.54) is 12.5 Å². The highest BCUT2D eigenvalue weighted by atomic mass is 16.5. The van der Waals surface area contributed by atoms with Gasteiger partial charge in [-0.15, -0.1) is 0 Å². The van der Waals surface area contributed by atoms with Gasteiger partial charge in [-0.05, 0) is 22.9 Å². The first-order valence-electron chi connectivity index (χ1n) is 5.34. The molecule has 0 atom stereocenters. The van der Waals surface area contributed by atoms with Gasteiger partial charge in [0.05, 0.1) is 7.11 Å². The number of esters is 1. The minimum atomic E-state index is -0.307. The normalized spacial score (nSPS) is 9.47. The quantitative estimate of drug-likeness (QED) is 0.550. The number of benzene rings is 2. The number of fused-ring (bicyclic) bond motifs is 1. The van der Waals surface area contributed by atoms with E-state index >= 15 is 0 Å². The number of ether oxygens (including phenoxy) is 1. The molecule has 0 saturated carbocycles. The molecule has 0 aliphatic carbocycles. The van der Waals surface area contributed by atoms with Crippen molar-refractivity contribution in [1.82, 2.24) is 0 Å². The van der Waals surface area contributed by atoms with Crippen LogP contribution >= 0.6 is 0 Å². The number of methoxy groups -OCH3 is 1. The van der Waals surface area contributed by atoms with Crippen LogP contribution in [0.1, 0.15) is 12.0 Å². The van der Waals surface area contributed by atoms with Crippen molar-refractivity contribution >= 4 is 16.7 Å². The standard InChI is InChI=1S/C15H12O2/c1-17-15(16)8-4-5-12-9-10-13-6-2-3-7-14(13)11-12/h2-3,6-7,9-11H,8H2,1H3. The smallest absolute Gasteiger partial charge is 0.317 e. The molecule has 2 heteroatoms. The van der Waals surface area contributed by atoms with E-state index in [4.69, 9.17) is 0 Å². The molecule has 17 heavy (non-hydrogen) atoms. The summed E-state index contributed by atoms with van der Waals surface area (Å²) in [6.07, 6.45) is 0.128. The molecule has 0 saturated heterocycles. The van der Waals surface area contributed by atoms with Gasteiger partial charge in [0, 0.05) is 5.56 Å². The Kier molecular flexibility index (Phi) is 3.42. The molecule has 84 valence electrons. The molecular weight excluding hydrogens is 212 g/mol. The van der Waals surface area contributed by atoms with E-state index in [0.717, 1.165) is 10.9 Å². The van der Waals surface area contributed by atoms with E-state index < -0.39 is 0 Å². The predicted molar refractivity (Wildman–Crippen MR) is 67.5 cm³/mol. The van der Waals surface area contributed by atoms with E-state index in [1.54, 1.807) is 0 Å². The second kappa shape index (κ2) is 5.18. The van der Waals surface area contributed by atoms with E-state index in [0.29, 0.717) is 0 Å². The van der Waals surface area contributed by atoms with E-state index in [2.05, 4.69) is 22.6 Å². The Balaban J connectivity index is 2.22. The predicted octanol–water partition coefficient (Wildman–Crippen LogP) is 2.75. The number of carbonyl (C=O) groups excluding carboxylic acids is 1. The maximum absolute atomic E-state index is 10.9. The Morgan fingerprint density at radius 1 is 1.18 bits per heavy atom. The summed E-state index contributed by atoms with van der Waals surface area (Å²) in [7, 11) is 1.36. The first-order valence-corrected chi connectivity index (χ1v) is 5.34. The zero-order chi connectivity index (χ0) is 12.1. The lowest BCUT2D eigenvalue weighted by molar-refractivity contribution is -0.139. The maximum Gasteiger partial charge on any atom is 0.317 e. The Hall–Kier alpha value is -2.27. The molecule has 0 bridgehead atoms. The highest BCUT2D eigenvalue weighted by molar-refractivity contribution is 5.83. The van der Waals surface area contributed by atoms with Gasteiger partial charge in [0.15, 0.2) is 0 Å².